The highest BCUT2D eigenvalue weighted by Gasteiger charge is 2.52. The predicted octanol–water partition coefficient (Wildman–Crippen LogP) is 2.29. The Hall–Kier alpha value is -1.07. The van der Waals surface area contributed by atoms with Crippen molar-refractivity contribution < 1.29 is 14.3 Å². The van der Waals surface area contributed by atoms with E-state index < -0.39 is 5.60 Å². The van der Waals surface area contributed by atoms with Crippen molar-refractivity contribution in [3.8, 4) is 0 Å². The second-order valence-corrected chi connectivity index (χ2v) is 6.79. The number of carbonyl (C=O) groups excluding carboxylic acids is 1. The summed E-state index contributed by atoms with van der Waals surface area (Å²) in [6.45, 7) is 0.946. The zero-order valence-corrected chi connectivity index (χ0v) is 12.0. The average Bonchev–Trinajstić information content (AvgIpc) is 3.21. The molecule has 3 nitrogen and oxygen atoms in total. The summed E-state index contributed by atoms with van der Waals surface area (Å²) in [5.74, 6) is 0.786. The van der Waals surface area contributed by atoms with Crippen LogP contribution in [0, 0.1) is 11.7 Å². The molecule has 2 aliphatic rings. The van der Waals surface area contributed by atoms with Gasteiger partial charge in [0.15, 0.2) is 0 Å². The molecule has 1 saturated carbocycles. The number of nitrogens with zero attached hydrogens (tertiary/aromatic N) is 1. The molecule has 1 aromatic rings. The summed E-state index contributed by atoms with van der Waals surface area (Å²) in [5.41, 5.74) is -0.617. The molecule has 1 aliphatic carbocycles. The van der Waals surface area contributed by atoms with E-state index in [9.17, 15) is 14.3 Å². The molecule has 3 rings (SSSR count). The molecule has 1 aliphatic heterocycles. The van der Waals surface area contributed by atoms with Crippen LogP contribution in [0.2, 0.25) is 0 Å². The lowest BCUT2D eigenvalue weighted by molar-refractivity contribution is -0.158. The van der Waals surface area contributed by atoms with Crippen LogP contribution in [0.4, 0.5) is 4.39 Å². The van der Waals surface area contributed by atoms with E-state index in [4.69, 9.17) is 0 Å². The van der Waals surface area contributed by atoms with Gasteiger partial charge in [0.25, 0.3) is 0 Å². The molecule has 1 amide bonds. The van der Waals surface area contributed by atoms with Gasteiger partial charge in [0.05, 0.1) is 13.1 Å². The number of thioether (sulfide) groups is 1. The second kappa shape index (κ2) is 5.37. The van der Waals surface area contributed by atoms with Crippen LogP contribution in [0.3, 0.4) is 0 Å². The molecule has 108 valence electrons. The van der Waals surface area contributed by atoms with Crippen molar-refractivity contribution in [2.75, 3.05) is 18.8 Å². The van der Waals surface area contributed by atoms with Gasteiger partial charge in [-0.2, -0.15) is 0 Å². The van der Waals surface area contributed by atoms with E-state index in [0.29, 0.717) is 36.1 Å². The molecule has 1 heterocycles. The fourth-order valence-electron chi connectivity index (χ4n) is 2.64. The first-order chi connectivity index (χ1) is 9.58. The van der Waals surface area contributed by atoms with Crippen LogP contribution < -0.4 is 0 Å². The number of benzene rings is 1. The van der Waals surface area contributed by atoms with Crippen LogP contribution in [-0.4, -0.2) is 40.4 Å². The summed E-state index contributed by atoms with van der Waals surface area (Å²) in [6, 6.07) is 6.59. The zero-order valence-electron chi connectivity index (χ0n) is 11.2. The molecule has 0 radical (unpaired) electrons. The van der Waals surface area contributed by atoms with Crippen LogP contribution in [0.1, 0.15) is 19.3 Å². The van der Waals surface area contributed by atoms with Crippen LogP contribution in [0.25, 0.3) is 0 Å². The maximum absolute atomic E-state index is 13.4. The van der Waals surface area contributed by atoms with Crippen LogP contribution in [-0.2, 0) is 4.79 Å². The Balaban J connectivity index is 1.41. The van der Waals surface area contributed by atoms with Gasteiger partial charge in [0.2, 0.25) is 5.91 Å². The fourth-order valence-corrected chi connectivity index (χ4v) is 3.52. The third kappa shape index (κ3) is 2.83. The van der Waals surface area contributed by atoms with Gasteiger partial charge in [0, 0.05) is 17.1 Å². The number of amides is 1. The van der Waals surface area contributed by atoms with E-state index in [1.54, 1.807) is 23.1 Å². The first kappa shape index (κ1) is 13.9. The molecule has 0 bridgehead atoms. The molecule has 5 heteroatoms. The number of hydrogen-bond donors (Lipinski definition) is 1. The summed E-state index contributed by atoms with van der Waals surface area (Å²) in [6.07, 6.45) is 2.56. The molecule has 1 aromatic carbocycles. The van der Waals surface area contributed by atoms with Crippen molar-refractivity contribution in [3.63, 3.8) is 0 Å². The van der Waals surface area contributed by atoms with Gasteiger partial charge in [-0.05, 0) is 30.9 Å². The van der Waals surface area contributed by atoms with E-state index in [-0.39, 0.29) is 11.7 Å². The predicted molar refractivity (Wildman–Crippen MR) is 76.0 cm³/mol. The van der Waals surface area contributed by atoms with Gasteiger partial charge in [0.1, 0.15) is 11.4 Å². The number of β-amino-alcohol motifs (C(OH)–C–C–N with tert-alkyl or cyclic N) is 1. The van der Waals surface area contributed by atoms with E-state index in [0.717, 1.165) is 12.8 Å². The molecule has 1 N–H and O–H groups in total. The largest absolute Gasteiger partial charge is 0.386 e. The monoisotopic (exact) mass is 295 g/mol. The van der Waals surface area contributed by atoms with Crippen molar-refractivity contribution in [1.82, 2.24) is 4.90 Å². The third-order valence-electron chi connectivity index (χ3n) is 4.03. The van der Waals surface area contributed by atoms with Crippen molar-refractivity contribution in [3.05, 3.63) is 30.1 Å². The third-order valence-corrected chi connectivity index (χ3v) is 5.08. The lowest BCUT2D eigenvalue weighted by atomic mass is 9.88. The molecule has 2 fully saturated rings. The number of likely N-dealkylation sites (tertiary alicyclic amines) is 1. The van der Waals surface area contributed by atoms with Gasteiger partial charge in [-0.25, -0.2) is 4.39 Å². The molecule has 0 aromatic heterocycles. The maximum atomic E-state index is 13.4. The normalized spacial score (nSPS) is 20.6. The number of carbonyl (C=O) groups is 1. The van der Waals surface area contributed by atoms with Gasteiger partial charge in [-0.15, -0.1) is 11.8 Å². The maximum Gasteiger partial charge on any atom is 0.223 e. The Morgan fingerprint density at radius 2 is 2.10 bits per heavy atom. The standard InChI is InChI=1S/C15H18FNO2S/c16-12-3-1-2-4-13(12)20-8-7-14(18)17-9-15(19,10-17)11-5-6-11/h1-4,11,19H,5-10H2. The second-order valence-electron chi connectivity index (χ2n) is 5.66. The molecule has 0 atom stereocenters. The van der Waals surface area contributed by atoms with Crippen molar-refractivity contribution in [2.45, 2.75) is 29.8 Å². The van der Waals surface area contributed by atoms with Crippen LogP contribution in [0.15, 0.2) is 29.2 Å². The highest BCUT2D eigenvalue weighted by Crippen LogP contribution is 2.44. The molecule has 0 unspecified atom stereocenters. The first-order valence-corrected chi connectivity index (χ1v) is 7.94. The Labute approximate surface area is 122 Å². The summed E-state index contributed by atoms with van der Waals surface area (Å²) < 4.78 is 13.4. The van der Waals surface area contributed by atoms with Crippen molar-refractivity contribution in [1.29, 1.82) is 0 Å². The highest BCUT2D eigenvalue weighted by atomic mass is 32.2. The summed E-state index contributed by atoms with van der Waals surface area (Å²) >= 11 is 1.36. The van der Waals surface area contributed by atoms with E-state index in [1.807, 2.05) is 0 Å². The zero-order chi connectivity index (χ0) is 14.2. The number of aliphatic hydroxyl groups is 1. The smallest absolute Gasteiger partial charge is 0.223 e. The fraction of sp³-hybridized carbons (Fsp3) is 0.533. The molecular weight excluding hydrogens is 277 g/mol. The summed E-state index contributed by atoms with van der Waals surface area (Å²) in [4.78, 5) is 14.2. The Morgan fingerprint density at radius 1 is 1.40 bits per heavy atom. The molecule has 1 saturated heterocycles. The first-order valence-electron chi connectivity index (χ1n) is 6.96. The minimum Gasteiger partial charge on any atom is -0.386 e. The van der Waals surface area contributed by atoms with E-state index in [1.165, 1.54) is 17.8 Å². The number of hydrogen-bond acceptors (Lipinski definition) is 3. The summed E-state index contributed by atoms with van der Waals surface area (Å²) in [7, 11) is 0. The van der Waals surface area contributed by atoms with Crippen molar-refractivity contribution in [2.24, 2.45) is 5.92 Å². The van der Waals surface area contributed by atoms with Gasteiger partial charge >= 0.3 is 0 Å². The quantitative estimate of drug-likeness (QED) is 0.847. The minimum atomic E-state index is -0.617. The van der Waals surface area contributed by atoms with E-state index in [2.05, 4.69) is 0 Å². The Kier molecular flexibility index (Phi) is 3.73. The summed E-state index contributed by atoms with van der Waals surface area (Å²) in [5, 5.41) is 10.2. The van der Waals surface area contributed by atoms with Gasteiger partial charge in [-0.3, -0.25) is 4.79 Å². The van der Waals surface area contributed by atoms with Gasteiger partial charge in [-0.1, -0.05) is 12.1 Å². The number of halogens is 1. The number of rotatable bonds is 5. The Morgan fingerprint density at radius 3 is 2.75 bits per heavy atom. The molecule has 20 heavy (non-hydrogen) atoms. The average molecular weight is 295 g/mol. The minimum absolute atomic E-state index is 0.0548. The van der Waals surface area contributed by atoms with E-state index >= 15 is 0 Å². The van der Waals surface area contributed by atoms with Gasteiger partial charge < -0.3 is 10.0 Å². The van der Waals surface area contributed by atoms with Crippen LogP contribution >= 0.6 is 11.8 Å². The molecular formula is C15H18FNO2S. The Bertz CT molecular complexity index is 512. The highest BCUT2D eigenvalue weighted by molar-refractivity contribution is 7.99. The van der Waals surface area contributed by atoms with Crippen molar-refractivity contribution >= 4 is 17.7 Å². The SMILES string of the molecule is O=C(CCSc1ccccc1F)N1CC(O)(C2CC2)C1. The van der Waals surface area contributed by atoms with Crippen LogP contribution in [0.5, 0.6) is 0 Å². The molecule has 0 spiro atoms. The lowest BCUT2D eigenvalue weighted by Gasteiger charge is -2.47. The lowest BCUT2D eigenvalue weighted by Crippen LogP contribution is -2.64. The topological polar surface area (TPSA) is 40.5 Å².